The van der Waals surface area contributed by atoms with Gasteiger partial charge in [0.2, 0.25) is 0 Å². The molecule has 0 fully saturated rings. The number of nitrogen functional groups attached to an aromatic ring is 1. The molecule has 4 heteroatoms. The number of hydrogen-bond acceptors (Lipinski definition) is 3. The van der Waals surface area contributed by atoms with Crippen LogP contribution in [0.25, 0.3) is 0 Å². The van der Waals surface area contributed by atoms with Crippen molar-refractivity contribution in [2.24, 2.45) is 0 Å². The average Bonchev–Trinajstić information content (AvgIpc) is 2.42. The van der Waals surface area contributed by atoms with Crippen LogP contribution >= 0.6 is 11.8 Å². The fourth-order valence-corrected chi connectivity index (χ4v) is 2.71. The Morgan fingerprint density at radius 1 is 1.32 bits per heavy atom. The summed E-state index contributed by atoms with van der Waals surface area (Å²) in [5, 5.41) is 8.80. The standard InChI is InChI=1S/C15H13FN2S/c1-10-14(18)3-2-4-15(10)19-9-11-5-6-13(16)12(7-11)8-17/h2-7H,9,18H2,1H3. The second kappa shape index (κ2) is 5.77. The van der Waals surface area contributed by atoms with Gasteiger partial charge < -0.3 is 5.73 Å². The number of rotatable bonds is 3. The van der Waals surface area contributed by atoms with Crippen molar-refractivity contribution in [3.63, 3.8) is 0 Å². The molecule has 2 aromatic carbocycles. The van der Waals surface area contributed by atoms with E-state index in [0.29, 0.717) is 5.75 Å². The van der Waals surface area contributed by atoms with Gasteiger partial charge in [0, 0.05) is 16.3 Å². The van der Waals surface area contributed by atoms with E-state index in [-0.39, 0.29) is 5.56 Å². The van der Waals surface area contributed by atoms with Crippen molar-refractivity contribution < 1.29 is 4.39 Å². The van der Waals surface area contributed by atoms with Crippen molar-refractivity contribution in [3.05, 3.63) is 58.9 Å². The molecule has 0 bridgehead atoms. The minimum atomic E-state index is -0.476. The molecule has 19 heavy (non-hydrogen) atoms. The van der Waals surface area contributed by atoms with Gasteiger partial charge in [-0.2, -0.15) is 5.26 Å². The molecule has 0 aliphatic heterocycles. The first-order valence-corrected chi connectivity index (χ1v) is 6.77. The Hall–Kier alpha value is -1.99. The van der Waals surface area contributed by atoms with E-state index in [0.717, 1.165) is 21.7 Å². The Morgan fingerprint density at radius 2 is 2.11 bits per heavy atom. The Balaban J connectivity index is 2.15. The van der Waals surface area contributed by atoms with Gasteiger partial charge in [-0.3, -0.25) is 0 Å². The molecule has 0 aliphatic rings. The van der Waals surface area contributed by atoms with E-state index in [9.17, 15) is 4.39 Å². The Morgan fingerprint density at radius 3 is 2.84 bits per heavy atom. The van der Waals surface area contributed by atoms with Gasteiger partial charge in [-0.05, 0) is 42.3 Å². The topological polar surface area (TPSA) is 49.8 Å². The minimum absolute atomic E-state index is 0.0856. The molecule has 2 rings (SSSR count). The summed E-state index contributed by atoms with van der Waals surface area (Å²) in [7, 11) is 0. The van der Waals surface area contributed by atoms with Crippen molar-refractivity contribution in [2.45, 2.75) is 17.6 Å². The van der Waals surface area contributed by atoms with Crippen LogP contribution in [0.15, 0.2) is 41.3 Å². The maximum atomic E-state index is 13.2. The normalized spacial score (nSPS) is 10.2. The van der Waals surface area contributed by atoms with Crippen LogP contribution in [-0.4, -0.2) is 0 Å². The largest absolute Gasteiger partial charge is 0.398 e. The van der Waals surface area contributed by atoms with Crippen LogP contribution in [0.2, 0.25) is 0 Å². The summed E-state index contributed by atoms with van der Waals surface area (Å²) in [5.41, 5.74) is 8.67. The van der Waals surface area contributed by atoms with Gasteiger partial charge in [0.05, 0.1) is 5.56 Å². The van der Waals surface area contributed by atoms with Gasteiger partial charge in [0.15, 0.2) is 0 Å². The summed E-state index contributed by atoms with van der Waals surface area (Å²) in [6.45, 7) is 1.98. The number of halogens is 1. The number of thioether (sulfide) groups is 1. The van der Waals surface area contributed by atoms with E-state index in [2.05, 4.69) is 0 Å². The first-order chi connectivity index (χ1) is 9.11. The Bertz CT molecular complexity index is 647. The van der Waals surface area contributed by atoms with Crippen molar-refractivity contribution in [2.75, 3.05) is 5.73 Å². The number of hydrogen-bond donors (Lipinski definition) is 1. The van der Waals surface area contributed by atoms with Crippen LogP contribution < -0.4 is 5.73 Å². The van der Waals surface area contributed by atoms with Crippen LogP contribution in [0.3, 0.4) is 0 Å². The summed E-state index contributed by atoms with van der Waals surface area (Å²) >= 11 is 1.63. The van der Waals surface area contributed by atoms with Crippen molar-refractivity contribution in [3.8, 4) is 6.07 Å². The van der Waals surface area contributed by atoms with Crippen molar-refractivity contribution >= 4 is 17.4 Å². The van der Waals surface area contributed by atoms with E-state index in [1.54, 1.807) is 23.9 Å². The summed E-state index contributed by atoms with van der Waals surface area (Å²) in [5.74, 6) is 0.204. The predicted octanol–water partition coefficient (Wildman–Crippen LogP) is 3.88. The molecule has 2 nitrogen and oxygen atoms in total. The summed E-state index contributed by atoms with van der Waals surface area (Å²) in [6, 6.07) is 12.3. The van der Waals surface area contributed by atoms with Gasteiger partial charge in [0.25, 0.3) is 0 Å². The lowest BCUT2D eigenvalue weighted by molar-refractivity contribution is 0.623. The first-order valence-electron chi connectivity index (χ1n) is 5.78. The molecular weight excluding hydrogens is 259 g/mol. The van der Waals surface area contributed by atoms with E-state index in [1.165, 1.54) is 6.07 Å². The molecule has 2 N–H and O–H groups in total. The monoisotopic (exact) mass is 272 g/mol. The van der Waals surface area contributed by atoms with Gasteiger partial charge in [-0.15, -0.1) is 11.8 Å². The van der Waals surface area contributed by atoms with Crippen LogP contribution in [0.5, 0.6) is 0 Å². The second-order valence-corrected chi connectivity index (χ2v) is 5.20. The maximum Gasteiger partial charge on any atom is 0.140 e. The molecule has 0 amide bonds. The fourth-order valence-electron chi connectivity index (χ4n) is 1.70. The van der Waals surface area contributed by atoms with Gasteiger partial charge in [-0.25, -0.2) is 4.39 Å². The minimum Gasteiger partial charge on any atom is -0.398 e. The third-order valence-electron chi connectivity index (χ3n) is 2.87. The zero-order chi connectivity index (χ0) is 13.8. The van der Waals surface area contributed by atoms with Crippen molar-refractivity contribution in [1.29, 1.82) is 5.26 Å². The maximum absolute atomic E-state index is 13.2. The molecule has 0 radical (unpaired) electrons. The third-order valence-corrected chi connectivity index (χ3v) is 4.10. The highest BCUT2D eigenvalue weighted by Gasteiger charge is 2.05. The molecule has 0 heterocycles. The molecule has 0 saturated carbocycles. The van der Waals surface area contributed by atoms with Crippen LogP contribution in [-0.2, 0) is 5.75 Å². The molecule has 2 aromatic rings. The van der Waals surface area contributed by atoms with Crippen molar-refractivity contribution in [1.82, 2.24) is 0 Å². The van der Waals surface area contributed by atoms with Gasteiger partial charge in [-0.1, -0.05) is 12.1 Å². The van der Waals surface area contributed by atoms with Gasteiger partial charge >= 0.3 is 0 Å². The molecule has 0 unspecified atom stereocenters. The fraction of sp³-hybridized carbons (Fsp3) is 0.133. The summed E-state index contributed by atoms with van der Waals surface area (Å²) in [4.78, 5) is 1.10. The van der Waals surface area contributed by atoms with E-state index >= 15 is 0 Å². The van der Waals surface area contributed by atoms with Gasteiger partial charge in [0.1, 0.15) is 11.9 Å². The van der Waals surface area contributed by atoms with E-state index < -0.39 is 5.82 Å². The quantitative estimate of drug-likeness (QED) is 0.681. The average molecular weight is 272 g/mol. The lowest BCUT2D eigenvalue weighted by atomic mass is 10.1. The van der Waals surface area contributed by atoms with E-state index in [1.807, 2.05) is 31.2 Å². The summed E-state index contributed by atoms with van der Waals surface area (Å²) < 4.78 is 13.2. The highest BCUT2D eigenvalue weighted by Crippen LogP contribution is 2.29. The second-order valence-electron chi connectivity index (χ2n) is 4.19. The number of benzene rings is 2. The lowest BCUT2D eigenvalue weighted by Crippen LogP contribution is -1.92. The number of anilines is 1. The number of nitrogens with zero attached hydrogens (tertiary/aromatic N) is 1. The Kier molecular flexibility index (Phi) is 4.08. The van der Waals surface area contributed by atoms with Crippen LogP contribution in [0.1, 0.15) is 16.7 Å². The third kappa shape index (κ3) is 3.07. The van der Waals surface area contributed by atoms with E-state index in [4.69, 9.17) is 11.0 Å². The first kappa shape index (κ1) is 13.4. The highest BCUT2D eigenvalue weighted by atomic mass is 32.2. The molecule has 0 atom stereocenters. The molecule has 0 aromatic heterocycles. The molecular formula is C15H13FN2S. The van der Waals surface area contributed by atoms with Crippen LogP contribution in [0, 0.1) is 24.1 Å². The zero-order valence-corrected chi connectivity index (χ0v) is 11.3. The lowest BCUT2D eigenvalue weighted by Gasteiger charge is -2.08. The number of nitrogens with two attached hydrogens (primary N) is 1. The van der Waals surface area contributed by atoms with Crippen LogP contribution in [0.4, 0.5) is 10.1 Å². The molecule has 0 saturated heterocycles. The Labute approximate surface area is 116 Å². The molecule has 96 valence electrons. The molecule has 0 spiro atoms. The molecule has 0 aliphatic carbocycles. The predicted molar refractivity (Wildman–Crippen MR) is 76.3 cm³/mol. The highest BCUT2D eigenvalue weighted by molar-refractivity contribution is 7.98. The SMILES string of the molecule is Cc1c(N)cccc1SCc1ccc(F)c(C#N)c1. The smallest absolute Gasteiger partial charge is 0.140 e. The number of nitriles is 1. The zero-order valence-electron chi connectivity index (χ0n) is 10.5. The summed E-state index contributed by atoms with van der Waals surface area (Å²) in [6.07, 6.45) is 0.